The molecule has 4 nitrogen and oxygen atoms in total. The number of ketones is 1. The number of aromatic nitrogens is 1. The van der Waals surface area contributed by atoms with Gasteiger partial charge in [0.2, 0.25) is 0 Å². The maximum atomic E-state index is 12.2. The van der Waals surface area contributed by atoms with Gasteiger partial charge in [0.05, 0.1) is 18.4 Å². The van der Waals surface area contributed by atoms with Crippen LogP contribution in [0, 0.1) is 16.7 Å². The van der Waals surface area contributed by atoms with Crippen LogP contribution in [0.25, 0.3) is 16.6 Å². The monoisotopic (exact) mass is 326 g/mol. The highest BCUT2D eigenvalue weighted by Crippen LogP contribution is 2.27. The molecule has 0 fully saturated rings. The Balaban J connectivity index is 2.29. The lowest BCUT2D eigenvalue weighted by Crippen LogP contribution is -2.21. The Hall–Kier alpha value is -2.45. The van der Waals surface area contributed by atoms with Crippen molar-refractivity contribution in [2.45, 2.75) is 20.8 Å². The highest BCUT2D eigenvalue weighted by molar-refractivity contribution is 7.13. The third-order valence-electron chi connectivity index (χ3n) is 3.20. The van der Waals surface area contributed by atoms with E-state index in [1.165, 1.54) is 11.3 Å². The number of Topliss-reactive ketones (excluding diaryl/α,β-unsaturated/α-hetero) is 1. The van der Waals surface area contributed by atoms with E-state index >= 15 is 0 Å². The van der Waals surface area contributed by atoms with Crippen LogP contribution in [0.3, 0.4) is 0 Å². The normalized spacial score (nSPS) is 11.9. The van der Waals surface area contributed by atoms with Crippen molar-refractivity contribution in [3.8, 4) is 22.4 Å². The summed E-state index contributed by atoms with van der Waals surface area (Å²) in [6.45, 7) is 5.39. The van der Waals surface area contributed by atoms with E-state index < -0.39 is 5.41 Å². The van der Waals surface area contributed by atoms with Crippen LogP contribution in [0.4, 0.5) is 0 Å². The lowest BCUT2D eigenvalue weighted by molar-refractivity contribution is -0.121. The summed E-state index contributed by atoms with van der Waals surface area (Å²) < 4.78 is 5.14. The molecule has 0 radical (unpaired) electrons. The predicted octanol–water partition coefficient (Wildman–Crippen LogP) is 4.34. The zero-order chi connectivity index (χ0) is 17.0. The molecule has 0 unspecified atom stereocenters. The van der Waals surface area contributed by atoms with Crippen molar-refractivity contribution in [2.24, 2.45) is 5.41 Å². The number of methoxy groups -OCH3 is 1. The molecule has 1 aromatic heterocycles. The topological polar surface area (TPSA) is 63.0 Å². The van der Waals surface area contributed by atoms with Gasteiger partial charge in [0.1, 0.15) is 16.8 Å². The first-order valence-corrected chi connectivity index (χ1v) is 7.99. The van der Waals surface area contributed by atoms with Gasteiger partial charge >= 0.3 is 0 Å². The zero-order valence-corrected chi connectivity index (χ0v) is 14.4. The second-order valence-corrected chi connectivity index (χ2v) is 6.91. The second kappa shape index (κ2) is 6.76. The van der Waals surface area contributed by atoms with E-state index in [0.29, 0.717) is 5.69 Å². The number of nitrogens with zero attached hydrogens (tertiary/aromatic N) is 2. The molecule has 0 saturated carbocycles. The quantitative estimate of drug-likeness (QED) is 0.619. The van der Waals surface area contributed by atoms with Gasteiger partial charge in [-0.25, -0.2) is 4.98 Å². The first kappa shape index (κ1) is 16.9. The highest BCUT2D eigenvalue weighted by atomic mass is 32.1. The molecule has 2 aromatic rings. The van der Waals surface area contributed by atoms with Crippen LogP contribution in [0.15, 0.2) is 35.2 Å². The number of carbonyl (C=O) groups excluding carboxylic acids is 1. The SMILES string of the molecule is COc1ccc(-c2nc(/C=C(\C#N)C(=O)C(C)(C)C)cs2)cc1. The molecule has 0 aliphatic rings. The lowest BCUT2D eigenvalue weighted by Gasteiger charge is -2.15. The van der Waals surface area contributed by atoms with E-state index in [1.807, 2.05) is 35.7 Å². The number of rotatable bonds is 4. The minimum atomic E-state index is -0.587. The number of hydrogen-bond acceptors (Lipinski definition) is 5. The van der Waals surface area contributed by atoms with Gasteiger partial charge in [-0.2, -0.15) is 5.26 Å². The highest BCUT2D eigenvalue weighted by Gasteiger charge is 2.25. The summed E-state index contributed by atoms with van der Waals surface area (Å²) in [4.78, 5) is 16.7. The lowest BCUT2D eigenvalue weighted by atomic mass is 9.86. The molecule has 0 bridgehead atoms. The Labute approximate surface area is 140 Å². The minimum absolute atomic E-state index is 0.129. The average molecular weight is 326 g/mol. The summed E-state index contributed by atoms with van der Waals surface area (Å²) in [6, 6.07) is 9.58. The van der Waals surface area contributed by atoms with Gasteiger partial charge in [0, 0.05) is 16.4 Å². The van der Waals surface area contributed by atoms with Gasteiger partial charge in [-0.1, -0.05) is 20.8 Å². The summed E-state index contributed by atoms with van der Waals surface area (Å²) in [6.07, 6.45) is 1.55. The molecule has 0 atom stereocenters. The number of ether oxygens (including phenoxy) is 1. The van der Waals surface area contributed by atoms with Crippen LogP contribution in [-0.2, 0) is 4.79 Å². The van der Waals surface area contributed by atoms with Crippen molar-refractivity contribution in [3.05, 3.63) is 40.9 Å². The van der Waals surface area contributed by atoms with E-state index in [2.05, 4.69) is 4.98 Å². The van der Waals surface area contributed by atoms with Gasteiger partial charge in [-0.3, -0.25) is 4.79 Å². The molecular formula is C18H18N2O2S. The molecule has 1 heterocycles. The number of thiazole rings is 1. The molecular weight excluding hydrogens is 308 g/mol. The van der Waals surface area contributed by atoms with E-state index in [9.17, 15) is 10.1 Å². The molecule has 0 aliphatic heterocycles. The van der Waals surface area contributed by atoms with Gasteiger partial charge < -0.3 is 4.74 Å². The van der Waals surface area contributed by atoms with Gasteiger partial charge in [-0.05, 0) is 30.3 Å². The standard InChI is InChI=1S/C18H18N2O2S/c1-18(2,3)16(21)13(10-19)9-14-11-23-17(20-14)12-5-7-15(22-4)8-6-12/h5-9,11H,1-4H3/b13-9+. The zero-order valence-electron chi connectivity index (χ0n) is 13.6. The van der Waals surface area contributed by atoms with Crippen LogP contribution < -0.4 is 4.74 Å². The summed E-state index contributed by atoms with van der Waals surface area (Å²) in [5.41, 5.74) is 1.13. The van der Waals surface area contributed by atoms with Crippen LogP contribution in [0.1, 0.15) is 26.5 Å². The summed E-state index contributed by atoms with van der Waals surface area (Å²) in [5, 5.41) is 11.9. The number of benzene rings is 1. The van der Waals surface area contributed by atoms with Crippen LogP contribution >= 0.6 is 11.3 Å². The summed E-state index contributed by atoms with van der Waals surface area (Å²) in [5.74, 6) is 0.604. The van der Waals surface area contributed by atoms with E-state index in [-0.39, 0.29) is 11.4 Å². The number of carbonyl (C=O) groups is 1. The molecule has 0 N–H and O–H groups in total. The summed E-state index contributed by atoms with van der Waals surface area (Å²) in [7, 11) is 1.62. The molecule has 0 aliphatic carbocycles. The number of nitriles is 1. The minimum Gasteiger partial charge on any atom is -0.497 e. The van der Waals surface area contributed by atoms with Crippen molar-refractivity contribution in [2.75, 3.05) is 7.11 Å². The molecule has 2 rings (SSSR count). The van der Waals surface area contributed by atoms with E-state index in [1.54, 1.807) is 34.0 Å². The largest absolute Gasteiger partial charge is 0.497 e. The van der Waals surface area contributed by atoms with Crippen molar-refractivity contribution >= 4 is 23.2 Å². The molecule has 0 amide bonds. The molecule has 0 spiro atoms. The Kier molecular flexibility index (Phi) is 4.97. The first-order chi connectivity index (χ1) is 10.8. The smallest absolute Gasteiger partial charge is 0.178 e. The maximum absolute atomic E-state index is 12.2. The Morgan fingerprint density at radius 2 is 1.96 bits per heavy atom. The predicted molar refractivity (Wildman–Crippen MR) is 92.2 cm³/mol. The van der Waals surface area contributed by atoms with Crippen molar-refractivity contribution < 1.29 is 9.53 Å². The Morgan fingerprint density at radius 1 is 1.30 bits per heavy atom. The van der Waals surface area contributed by atoms with E-state index in [4.69, 9.17) is 4.74 Å². The number of allylic oxidation sites excluding steroid dienone is 1. The second-order valence-electron chi connectivity index (χ2n) is 6.05. The fraction of sp³-hybridized carbons (Fsp3) is 0.278. The number of hydrogen-bond donors (Lipinski definition) is 0. The Morgan fingerprint density at radius 3 is 2.48 bits per heavy atom. The van der Waals surface area contributed by atoms with Gasteiger partial charge in [0.25, 0.3) is 0 Å². The first-order valence-electron chi connectivity index (χ1n) is 7.11. The average Bonchev–Trinajstić information content (AvgIpc) is 2.99. The van der Waals surface area contributed by atoms with Crippen LogP contribution in [-0.4, -0.2) is 17.9 Å². The molecule has 1 aromatic carbocycles. The van der Waals surface area contributed by atoms with Crippen LogP contribution in [0.2, 0.25) is 0 Å². The Bertz CT molecular complexity index is 775. The molecule has 0 saturated heterocycles. The van der Waals surface area contributed by atoms with Crippen molar-refractivity contribution in [3.63, 3.8) is 0 Å². The van der Waals surface area contributed by atoms with E-state index in [0.717, 1.165) is 16.3 Å². The molecule has 118 valence electrons. The third kappa shape index (κ3) is 4.05. The van der Waals surface area contributed by atoms with Gasteiger partial charge in [0.15, 0.2) is 5.78 Å². The van der Waals surface area contributed by atoms with Gasteiger partial charge in [-0.15, -0.1) is 11.3 Å². The molecule has 5 heteroatoms. The van der Waals surface area contributed by atoms with Crippen molar-refractivity contribution in [1.29, 1.82) is 5.26 Å². The maximum Gasteiger partial charge on any atom is 0.178 e. The molecule has 23 heavy (non-hydrogen) atoms. The fourth-order valence-corrected chi connectivity index (χ4v) is 2.70. The third-order valence-corrected chi connectivity index (χ3v) is 4.11. The summed E-state index contributed by atoms with van der Waals surface area (Å²) >= 11 is 1.47. The van der Waals surface area contributed by atoms with Crippen LogP contribution in [0.5, 0.6) is 5.75 Å². The fourth-order valence-electron chi connectivity index (χ4n) is 1.92. The van der Waals surface area contributed by atoms with Crippen molar-refractivity contribution in [1.82, 2.24) is 4.98 Å².